The van der Waals surface area contributed by atoms with Crippen LogP contribution in [0.5, 0.6) is 0 Å². The Hall–Kier alpha value is -1.09. The number of hydrogen-bond acceptors (Lipinski definition) is 6. The number of guanidine groups is 1. The second kappa shape index (κ2) is 6.57. The Bertz CT molecular complexity index is 581. The molecule has 108 valence electrons. The van der Waals surface area contributed by atoms with E-state index in [2.05, 4.69) is 25.6 Å². The second-order valence-electron chi connectivity index (χ2n) is 4.64. The van der Waals surface area contributed by atoms with E-state index in [1.165, 1.54) is 0 Å². The highest BCUT2D eigenvalue weighted by Gasteiger charge is 2.23. The molecule has 0 saturated carbocycles. The van der Waals surface area contributed by atoms with Gasteiger partial charge in [-0.3, -0.25) is 4.99 Å². The minimum Gasteiger partial charge on any atom is -0.472 e. The second-order valence-corrected chi connectivity index (χ2v) is 5.70. The first-order chi connectivity index (χ1) is 9.22. The number of aliphatic imine (C=N–C) groups is 1. The minimum absolute atomic E-state index is 0. The van der Waals surface area contributed by atoms with Gasteiger partial charge >= 0.3 is 0 Å². The van der Waals surface area contributed by atoms with E-state index in [0.717, 1.165) is 35.3 Å². The molecule has 1 aliphatic heterocycles. The first kappa shape index (κ1) is 15.3. The molecule has 7 heteroatoms. The lowest BCUT2D eigenvalue weighted by molar-refractivity contribution is 0.473. The number of nitrogens with one attached hydrogen (secondary N) is 1. The molecule has 0 aliphatic carbocycles. The van der Waals surface area contributed by atoms with Crippen molar-refractivity contribution >= 4 is 41.3 Å². The fraction of sp³-hybridized carbons (Fsp3) is 0.385. The number of furan rings is 1. The van der Waals surface area contributed by atoms with Crippen LogP contribution in [0.1, 0.15) is 22.3 Å². The monoisotopic (exact) mass is 404 g/mol. The van der Waals surface area contributed by atoms with E-state index in [0.29, 0.717) is 0 Å². The van der Waals surface area contributed by atoms with E-state index in [-0.39, 0.29) is 30.0 Å². The van der Waals surface area contributed by atoms with Gasteiger partial charge in [-0.05, 0) is 13.0 Å². The van der Waals surface area contributed by atoms with Gasteiger partial charge in [-0.1, -0.05) is 0 Å². The van der Waals surface area contributed by atoms with Crippen LogP contribution >= 0.6 is 35.3 Å². The zero-order valence-corrected chi connectivity index (χ0v) is 14.5. The van der Waals surface area contributed by atoms with Crippen molar-refractivity contribution in [2.24, 2.45) is 4.99 Å². The van der Waals surface area contributed by atoms with E-state index in [9.17, 15) is 0 Å². The standard InChI is InChI=1S/C13H16N4OS.HI/c1-9-15-12(8-19-9)11-5-14-13(16-11)17(2)6-10-3-4-18-7-10;/h3-4,7-8,11H,5-6H2,1-2H3,(H,14,16);1H. The van der Waals surface area contributed by atoms with Gasteiger partial charge in [0.15, 0.2) is 5.96 Å². The molecule has 0 fully saturated rings. The number of halogens is 1. The molecular weight excluding hydrogens is 387 g/mol. The predicted octanol–water partition coefficient (Wildman–Crippen LogP) is 2.79. The summed E-state index contributed by atoms with van der Waals surface area (Å²) in [6, 6.07) is 2.17. The van der Waals surface area contributed by atoms with Crippen LogP contribution in [0.4, 0.5) is 0 Å². The Balaban J connectivity index is 0.00000147. The summed E-state index contributed by atoms with van der Waals surface area (Å²) < 4.78 is 5.08. The minimum atomic E-state index is 0. The molecule has 1 atom stereocenters. The smallest absolute Gasteiger partial charge is 0.194 e. The van der Waals surface area contributed by atoms with Gasteiger partial charge in [-0.2, -0.15) is 0 Å². The Morgan fingerprint density at radius 3 is 3.05 bits per heavy atom. The van der Waals surface area contributed by atoms with Gasteiger partial charge in [0.2, 0.25) is 0 Å². The Kier molecular flexibility index (Phi) is 5.03. The molecule has 2 aromatic rings. The largest absolute Gasteiger partial charge is 0.472 e. The summed E-state index contributed by atoms with van der Waals surface area (Å²) >= 11 is 1.68. The van der Waals surface area contributed by atoms with Crippen molar-refractivity contribution in [1.82, 2.24) is 15.2 Å². The summed E-state index contributed by atoms with van der Waals surface area (Å²) in [5.41, 5.74) is 2.22. The molecule has 5 nitrogen and oxygen atoms in total. The summed E-state index contributed by atoms with van der Waals surface area (Å²) in [5, 5.41) is 6.62. The Morgan fingerprint density at radius 2 is 2.40 bits per heavy atom. The van der Waals surface area contributed by atoms with Crippen molar-refractivity contribution in [2.75, 3.05) is 13.6 Å². The summed E-state index contributed by atoms with van der Waals surface area (Å²) in [4.78, 5) is 11.1. The molecule has 0 radical (unpaired) electrons. The fourth-order valence-corrected chi connectivity index (χ4v) is 2.76. The molecule has 0 bridgehead atoms. The van der Waals surface area contributed by atoms with E-state index >= 15 is 0 Å². The van der Waals surface area contributed by atoms with E-state index in [1.54, 1.807) is 23.9 Å². The van der Waals surface area contributed by atoms with Crippen molar-refractivity contribution < 1.29 is 4.42 Å². The van der Waals surface area contributed by atoms with Crippen LogP contribution in [0.15, 0.2) is 33.4 Å². The van der Waals surface area contributed by atoms with Gasteiger partial charge in [0.25, 0.3) is 0 Å². The maximum absolute atomic E-state index is 5.08. The average Bonchev–Trinajstić information content (AvgIpc) is 3.07. The molecule has 0 saturated heterocycles. The van der Waals surface area contributed by atoms with Crippen molar-refractivity contribution in [3.05, 3.63) is 40.2 Å². The van der Waals surface area contributed by atoms with Gasteiger partial charge in [0.05, 0.1) is 35.8 Å². The molecule has 0 amide bonds. The number of nitrogens with zero attached hydrogens (tertiary/aromatic N) is 3. The molecule has 3 heterocycles. The highest BCUT2D eigenvalue weighted by atomic mass is 127. The Morgan fingerprint density at radius 1 is 1.55 bits per heavy atom. The zero-order chi connectivity index (χ0) is 13.2. The summed E-state index contributed by atoms with van der Waals surface area (Å²) in [6.45, 7) is 3.55. The number of hydrogen-bond donors (Lipinski definition) is 1. The van der Waals surface area contributed by atoms with Crippen LogP contribution in [0.2, 0.25) is 0 Å². The third-order valence-corrected chi connectivity index (χ3v) is 3.87. The zero-order valence-electron chi connectivity index (χ0n) is 11.4. The fourth-order valence-electron chi connectivity index (χ4n) is 2.09. The van der Waals surface area contributed by atoms with Crippen LogP contribution in [-0.4, -0.2) is 29.4 Å². The summed E-state index contributed by atoms with van der Waals surface area (Å²) in [7, 11) is 2.02. The van der Waals surface area contributed by atoms with Gasteiger partial charge in [0.1, 0.15) is 0 Å². The molecule has 1 aliphatic rings. The summed E-state index contributed by atoms with van der Waals surface area (Å²) in [6.07, 6.45) is 3.45. The first-order valence-corrected chi connectivity index (χ1v) is 7.05. The topological polar surface area (TPSA) is 53.7 Å². The lowest BCUT2D eigenvalue weighted by Crippen LogP contribution is -2.36. The first-order valence-electron chi connectivity index (χ1n) is 6.17. The third-order valence-electron chi connectivity index (χ3n) is 3.08. The molecule has 1 unspecified atom stereocenters. The van der Waals surface area contributed by atoms with Gasteiger partial charge in [-0.15, -0.1) is 35.3 Å². The lowest BCUT2D eigenvalue weighted by atomic mass is 10.2. The van der Waals surface area contributed by atoms with Crippen molar-refractivity contribution in [2.45, 2.75) is 19.5 Å². The normalized spacial score (nSPS) is 17.3. The van der Waals surface area contributed by atoms with Crippen molar-refractivity contribution in [3.8, 4) is 0 Å². The quantitative estimate of drug-likeness (QED) is 0.800. The lowest BCUT2D eigenvalue weighted by Gasteiger charge is -2.19. The SMILES string of the molecule is Cc1nc(C2CN=C(N(C)Cc3ccoc3)N2)cs1.I. The van der Waals surface area contributed by atoms with Crippen LogP contribution < -0.4 is 5.32 Å². The number of thiazole rings is 1. The number of rotatable bonds is 3. The molecule has 20 heavy (non-hydrogen) atoms. The van der Waals surface area contributed by atoms with Crippen LogP contribution in [-0.2, 0) is 6.54 Å². The molecule has 0 aromatic carbocycles. The summed E-state index contributed by atoms with van der Waals surface area (Å²) in [5.74, 6) is 0.914. The predicted molar refractivity (Wildman–Crippen MR) is 90.6 cm³/mol. The highest BCUT2D eigenvalue weighted by molar-refractivity contribution is 14.0. The highest BCUT2D eigenvalue weighted by Crippen LogP contribution is 2.20. The number of aromatic nitrogens is 1. The van der Waals surface area contributed by atoms with Gasteiger partial charge in [-0.25, -0.2) is 4.98 Å². The van der Waals surface area contributed by atoms with Gasteiger partial charge < -0.3 is 14.6 Å². The number of aryl methyl sites for hydroxylation is 1. The van der Waals surface area contributed by atoms with Crippen LogP contribution in [0.25, 0.3) is 0 Å². The average molecular weight is 404 g/mol. The van der Waals surface area contributed by atoms with E-state index in [4.69, 9.17) is 4.42 Å². The van der Waals surface area contributed by atoms with Crippen molar-refractivity contribution in [1.29, 1.82) is 0 Å². The van der Waals surface area contributed by atoms with Gasteiger partial charge in [0, 0.05) is 24.5 Å². The van der Waals surface area contributed by atoms with E-state index < -0.39 is 0 Å². The molecule has 1 N–H and O–H groups in total. The Labute approximate surface area is 139 Å². The van der Waals surface area contributed by atoms with Crippen LogP contribution in [0.3, 0.4) is 0 Å². The van der Waals surface area contributed by atoms with Crippen molar-refractivity contribution in [3.63, 3.8) is 0 Å². The maximum Gasteiger partial charge on any atom is 0.194 e. The van der Waals surface area contributed by atoms with Crippen LogP contribution in [0, 0.1) is 6.92 Å². The maximum atomic E-state index is 5.08. The third kappa shape index (κ3) is 3.32. The molecule has 2 aromatic heterocycles. The van der Waals surface area contributed by atoms with E-state index in [1.807, 2.05) is 20.0 Å². The molecule has 0 spiro atoms. The molecular formula is C13H17IN4OS. The molecule has 3 rings (SSSR count).